The maximum Gasteiger partial charge on any atom is 0.243 e. The molecule has 5 aliphatic rings. The molecule has 2 saturated carbocycles. The number of nitrogens with one attached hydrogen (secondary N) is 3. The van der Waals surface area contributed by atoms with Gasteiger partial charge in [-0.1, -0.05) is 103 Å². The third-order valence-corrected chi connectivity index (χ3v) is 15.6. The number of aliphatic hydroxyl groups excluding tert-OH is 3. The van der Waals surface area contributed by atoms with Gasteiger partial charge in [0.25, 0.3) is 0 Å². The van der Waals surface area contributed by atoms with Crippen LogP contribution in [0, 0.1) is 29.1 Å². The molecule has 9 N–H and O–H groups in total. The van der Waals surface area contributed by atoms with Crippen molar-refractivity contribution in [3.8, 4) is 11.8 Å². The summed E-state index contributed by atoms with van der Waals surface area (Å²) in [6.45, 7) is 13.7. The summed E-state index contributed by atoms with van der Waals surface area (Å²) in [6, 6.07) is 12.9. The van der Waals surface area contributed by atoms with E-state index in [9.17, 15) is 30.0 Å². The van der Waals surface area contributed by atoms with E-state index >= 15 is 0 Å². The Morgan fingerprint density at radius 3 is 2.58 bits per heavy atom. The van der Waals surface area contributed by atoms with Crippen molar-refractivity contribution >= 4 is 11.7 Å². The van der Waals surface area contributed by atoms with Gasteiger partial charge in [0.2, 0.25) is 5.91 Å². The second-order valence-corrected chi connectivity index (χ2v) is 20.0. The van der Waals surface area contributed by atoms with Crippen LogP contribution in [0.1, 0.15) is 126 Å². The minimum Gasteiger partial charge on any atom is -0.393 e. The maximum absolute atomic E-state index is 14.8. The van der Waals surface area contributed by atoms with Crippen molar-refractivity contribution in [1.82, 2.24) is 16.0 Å². The average Bonchev–Trinajstić information content (AvgIpc) is 3.64. The molecule has 7 rings (SSSR count). The summed E-state index contributed by atoms with van der Waals surface area (Å²) in [5.41, 5.74) is 12.7. The van der Waals surface area contributed by atoms with E-state index < -0.39 is 47.5 Å². The van der Waals surface area contributed by atoms with Gasteiger partial charge >= 0.3 is 0 Å². The number of hydrogen-bond donors (Lipinski definition) is 8. The first-order chi connectivity index (χ1) is 32.1. The Morgan fingerprint density at radius 2 is 1.78 bits per heavy atom. The highest BCUT2D eigenvalue weighted by Gasteiger charge is 2.64. The Labute approximate surface area is 398 Å². The highest BCUT2D eigenvalue weighted by atomic mass is 16.5. The van der Waals surface area contributed by atoms with Gasteiger partial charge in [0.1, 0.15) is 18.8 Å². The summed E-state index contributed by atoms with van der Waals surface area (Å²) in [4.78, 5) is 28.5. The van der Waals surface area contributed by atoms with Gasteiger partial charge in [-0.25, -0.2) is 0 Å². The molecule has 10 atom stereocenters. The Balaban J connectivity index is 1.28. The van der Waals surface area contributed by atoms with Crippen molar-refractivity contribution in [1.29, 1.82) is 0 Å². The number of β-amino-alcohol motifs (C(OH)–C–C–N with tert-alkyl or cyclic N) is 1. The quantitative estimate of drug-likeness (QED) is 0.130. The molecular formula is C56H74N4O7. The van der Waals surface area contributed by atoms with E-state index in [1.54, 1.807) is 0 Å². The summed E-state index contributed by atoms with van der Waals surface area (Å²) in [6.07, 6.45) is 10.6. The number of allylic oxidation sites excluding steroid dienone is 5. The molecule has 11 nitrogen and oxygen atoms in total. The molecule has 0 aromatic heterocycles. The van der Waals surface area contributed by atoms with Crippen LogP contribution < -0.4 is 21.7 Å². The average molecular weight is 915 g/mol. The number of ketones is 1. The zero-order valence-corrected chi connectivity index (χ0v) is 40.1. The lowest BCUT2D eigenvalue weighted by molar-refractivity contribution is -0.168. The van der Waals surface area contributed by atoms with Crippen molar-refractivity contribution in [2.75, 3.05) is 26.3 Å². The number of nitrogens with two attached hydrogens (primary N) is 1. The molecule has 2 aliphatic carbocycles. The highest BCUT2D eigenvalue weighted by molar-refractivity contribution is 5.98. The number of likely N-dealkylation sites (N-methyl/N-ethyl adjacent to an activating group) is 1. The van der Waals surface area contributed by atoms with Gasteiger partial charge in [-0.2, -0.15) is 0 Å². The summed E-state index contributed by atoms with van der Waals surface area (Å²) in [7, 11) is 0. The zero-order chi connectivity index (χ0) is 47.9. The lowest BCUT2D eigenvalue weighted by Crippen LogP contribution is -2.59. The van der Waals surface area contributed by atoms with E-state index in [-0.39, 0.29) is 49.8 Å². The minimum absolute atomic E-state index is 0.00675. The van der Waals surface area contributed by atoms with Crippen LogP contribution >= 0.6 is 0 Å². The molecule has 11 heteroatoms. The Bertz CT molecular complexity index is 2330. The standard InChI is InChI=1S/C56H74N4O7/c1-6-58-48-24-19-35(2)12-7-8-29-67-34-41(17-9-13-36(48)3)45-26-28-56(52(45)64)47-23-22-42(61)31-39-15-10-14-38(30-39)20-21-43(62)33-59-51-50-40(16-11-18-46(50)53(57)60-54(51)65)32-49(63)37(4)44(47)25-27-55(56,5)66/h9-11,13-19,30,42-43,45,47-48,51-53,58-59,61-62,64,66H,3,6,12,20-29,31-34,57H2,1-2,4-5H3,(H,60,65). The van der Waals surface area contributed by atoms with E-state index in [2.05, 4.69) is 60.4 Å². The summed E-state index contributed by atoms with van der Waals surface area (Å²) in [5.74, 6) is 5.17. The third kappa shape index (κ3) is 11.4. The second-order valence-electron chi connectivity index (χ2n) is 20.0. The van der Waals surface area contributed by atoms with E-state index in [4.69, 9.17) is 10.5 Å². The second kappa shape index (κ2) is 22.3. The molecule has 360 valence electrons. The number of benzene rings is 2. The molecule has 1 spiro atoms. The lowest BCUT2D eigenvalue weighted by Gasteiger charge is -2.56. The van der Waals surface area contributed by atoms with Crippen LogP contribution in [-0.2, 0) is 33.6 Å². The number of aryl methyl sites for hydroxylation is 1. The molecule has 2 bridgehead atoms. The van der Waals surface area contributed by atoms with Crippen molar-refractivity contribution < 1.29 is 34.8 Å². The molecule has 2 aromatic rings. The molecule has 0 radical (unpaired) electrons. The topological polar surface area (TPSA) is 186 Å². The fourth-order valence-electron chi connectivity index (χ4n) is 11.8. The number of carbonyl (C=O) groups excluding carboxylic acids is 2. The van der Waals surface area contributed by atoms with Crippen molar-refractivity contribution in [2.24, 2.45) is 23.0 Å². The number of carbonyl (C=O) groups is 2. The van der Waals surface area contributed by atoms with Crippen LogP contribution in [0.4, 0.5) is 0 Å². The van der Waals surface area contributed by atoms with Gasteiger partial charge in [-0.15, -0.1) is 0 Å². The van der Waals surface area contributed by atoms with E-state index in [1.165, 1.54) is 5.57 Å². The Hall–Kier alpha value is -4.48. The Morgan fingerprint density at radius 1 is 0.985 bits per heavy atom. The first-order valence-electron chi connectivity index (χ1n) is 24.6. The summed E-state index contributed by atoms with van der Waals surface area (Å²) in [5, 5.41) is 58.4. The normalized spacial score (nSPS) is 32.9. The van der Waals surface area contributed by atoms with Crippen LogP contribution in [0.2, 0.25) is 0 Å². The molecule has 67 heavy (non-hydrogen) atoms. The predicted octanol–water partition coefficient (Wildman–Crippen LogP) is 6.22. The van der Waals surface area contributed by atoms with Gasteiger partial charge in [0.05, 0.1) is 30.5 Å². The molecule has 2 fully saturated rings. The van der Waals surface area contributed by atoms with Crippen LogP contribution in [0.15, 0.2) is 101 Å². The van der Waals surface area contributed by atoms with E-state index in [1.807, 2.05) is 68.5 Å². The van der Waals surface area contributed by atoms with Crippen LogP contribution in [0.5, 0.6) is 0 Å². The van der Waals surface area contributed by atoms with E-state index in [0.29, 0.717) is 86.5 Å². The monoisotopic (exact) mass is 915 g/mol. The van der Waals surface area contributed by atoms with E-state index in [0.717, 1.165) is 40.8 Å². The van der Waals surface area contributed by atoms with Gasteiger partial charge in [0, 0.05) is 36.8 Å². The number of hydrogen-bond acceptors (Lipinski definition) is 10. The number of ether oxygens (including phenoxy) is 1. The molecule has 2 aromatic carbocycles. The van der Waals surface area contributed by atoms with Gasteiger partial charge < -0.3 is 41.5 Å². The van der Waals surface area contributed by atoms with Gasteiger partial charge in [0.15, 0.2) is 5.78 Å². The fraction of sp³-hybridized carbons (Fsp3) is 0.536. The summed E-state index contributed by atoms with van der Waals surface area (Å²) >= 11 is 0. The van der Waals surface area contributed by atoms with Gasteiger partial charge in [-0.3, -0.25) is 14.9 Å². The first-order valence-corrected chi connectivity index (χ1v) is 24.6. The minimum atomic E-state index is -1.31. The number of Topliss-reactive ketones (excluding diaryl/α,β-unsaturated/α-hetero) is 1. The largest absolute Gasteiger partial charge is 0.393 e. The highest BCUT2D eigenvalue weighted by Crippen LogP contribution is 2.63. The van der Waals surface area contributed by atoms with Crippen molar-refractivity contribution in [3.63, 3.8) is 0 Å². The number of amides is 1. The smallest absolute Gasteiger partial charge is 0.243 e. The molecule has 3 heterocycles. The molecule has 1 amide bonds. The Kier molecular flexibility index (Phi) is 16.8. The summed E-state index contributed by atoms with van der Waals surface area (Å²) < 4.78 is 6.20. The van der Waals surface area contributed by atoms with Crippen LogP contribution in [0.25, 0.3) is 0 Å². The SMILES string of the molecule is C=C1C=CC=C(C2CCC3(C4CCC(O)Cc5cccc(c5)CCC(O)CNC5C(=O)NC(N)c6cccc(c65)CC(=O)C(C)=C4CCC3(C)O)C2O)COCC#CCC(C)=CCC1NCC. The van der Waals surface area contributed by atoms with Crippen molar-refractivity contribution in [2.45, 2.75) is 147 Å². The predicted molar refractivity (Wildman–Crippen MR) is 263 cm³/mol. The third-order valence-electron chi connectivity index (χ3n) is 15.6. The molecular weight excluding hydrogens is 841 g/mol. The first kappa shape index (κ1) is 50.4. The maximum atomic E-state index is 14.8. The molecule has 10 unspecified atom stereocenters. The van der Waals surface area contributed by atoms with Gasteiger partial charge in [-0.05, 0) is 142 Å². The lowest BCUT2D eigenvalue weighted by atomic mass is 9.52. The number of aliphatic hydroxyl groups is 4. The number of fused-ring (bicyclic) bond motifs is 4. The molecule has 0 saturated heterocycles. The van der Waals surface area contributed by atoms with Crippen LogP contribution in [-0.4, -0.2) is 88.4 Å². The van der Waals surface area contributed by atoms with Crippen LogP contribution in [0.3, 0.4) is 0 Å². The fourth-order valence-corrected chi connectivity index (χ4v) is 11.8. The number of rotatable bonds is 3. The molecule has 3 aliphatic heterocycles. The van der Waals surface area contributed by atoms with Crippen molar-refractivity contribution in [3.05, 3.63) is 129 Å². The zero-order valence-electron chi connectivity index (χ0n) is 40.1.